The molecular weight excluding hydrogens is 230 g/mol. The third-order valence-corrected chi connectivity index (χ3v) is 4.12. The molecule has 1 aromatic carbocycles. The zero-order valence-corrected chi connectivity index (χ0v) is 11.8. The maximum absolute atomic E-state index is 6.05. The summed E-state index contributed by atoms with van der Waals surface area (Å²) in [7, 11) is 0. The normalized spacial score (nSPS) is 19.4. The Morgan fingerprint density at radius 3 is 2.47 bits per heavy atom. The summed E-state index contributed by atoms with van der Waals surface area (Å²) in [6.45, 7) is 9.16. The highest BCUT2D eigenvalue weighted by atomic mass is 35.5. The van der Waals surface area contributed by atoms with Crippen molar-refractivity contribution < 1.29 is 0 Å². The number of anilines is 1. The second-order valence-electron chi connectivity index (χ2n) is 5.92. The summed E-state index contributed by atoms with van der Waals surface area (Å²) < 4.78 is 0. The van der Waals surface area contributed by atoms with Crippen molar-refractivity contribution in [3.8, 4) is 0 Å². The maximum atomic E-state index is 6.05. The van der Waals surface area contributed by atoms with Crippen LogP contribution in [0.1, 0.15) is 37.8 Å². The summed E-state index contributed by atoms with van der Waals surface area (Å²) in [4.78, 5) is 2.49. The molecule has 0 aliphatic carbocycles. The van der Waals surface area contributed by atoms with Crippen molar-refractivity contribution >= 4 is 17.3 Å². The molecule has 1 fully saturated rings. The van der Waals surface area contributed by atoms with Crippen LogP contribution in [0.3, 0.4) is 0 Å². The first-order valence-corrected chi connectivity index (χ1v) is 6.96. The van der Waals surface area contributed by atoms with E-state index < -0.39 is 0 Å². The molecule has 0 bridgehead atoms. The van der Waals surface area contributed by atoms with Gasteiger partial charge in [0, 0.05) is 24.7 Å². The molecule has 0 saturated carbocycles. The predicted octanol–water partition coefficient (Wildman–Crippen LogP) is 4.36. The molecule has 0 aromatic heterocycles. The van der Waals surface area contributed by atoms with Crippen molar-refractivity contribution in [1.29, 1.82) is 0 Å². The predicted molar refractivity (Wildman–Crippen MR) is 76.0 cm³/mol. The number of rotatable bonds is 2. The fourth-order valence-corrected chi connectivity index (χ4v) is 2.70. The first-order chi connectivity index (χ1) is 8.02. The topological polar surface area (TPSA) is 3.24 Å². The van der Waals surface area contributed by atoms with Crippen molar-refractivity contribution in [2.75, 3.05) is 18.0 Å². The van der Waals surface area contributed by atoms with Gasteiger partial charge in [-0.05, 0) is 36.8 Å². The Morgan fingerprint density at radius 1 is 1.24 bits per heavy atom. The van der Waals surface area contributed by atoms with Crippen molar-refractivity contribution in [3.05, 3.63) is 29.3 Å². The van der Waals surface area contributed by atoms with Gasteiger partial charge in [-0.25, -0.2) is 0 Å². The molecule has 2 rings (SSSR count). The Bertz CT molecular complexity index is 388. The average Bonchev–Trinajstić information content (AvgIpc) is 2.29. The Morgan fingerprint density at radius 2 is 1.88 bits per heavy atom. The Balaban J connectivity index is 2.18. The number of nitrogens with zero attached hydrogens (tertiary/aromatic N) is 1. The van der Waals surface area contributed by atoms with Crippen LogP contribution < -0.4 is 4.90 Å². The molecule has 1 aliphatic rings. The van der Waals surface area contributed by atoms with Crippen molar-refractivity contribution in [1.82, 2.24) is 0 Å². The molecule has 0 amide bonds. The molecule has 1 aromatic rings. The molecule has 0 radical (unpaired) electrons. The molecule has 0 spiro atoms. The van der Waals surface area contributed by atoms with Gasteiger partial charge in [-0.1, -0.05) is 31.5 Å². The average molecular weight is 252 g/mol. The van der Waals surface area contributed by atoms with Gasteiger partial charge in [0.15, 0.2) is 0 Å². The van der Waals surface area contributed by atoms with E-state index in [0.29, 0.717) is 11.3 Å². The summed E-state index contributed by atoms with van der Waals surface area (Å²) in [6, 6.07) is 6.62. The van der Waals surface area contributed by atoms with E-state index in [1.54, 1.807) is 0 Å². The van der Waals surface area contributed by atoms with Gasteiger partial charge in [0.1, 0.15) is 0 Å². The summed E-state index contributed by atoms with van der Waals surface area (Å²) >= 11 is 6.05. The van der Waals surface area contributed by atoms with Gasteiger partial charge in [0.25, 0.3) is 0 Å². The molecular formula is C15H22ClN. The van der Waals surface area contributed by atoms with E-state index in [-0.39, 0.29) is 0 Å². The van der Waals surface area contributed by atoms with Gasteiger partial charge in [-0.3, -0.25) is 0 Å². The van der Waals surface area contributed by atoms with E-state index in [1.165, 1.54) is 29.7 Å². The van der Waals surface area contributed by atoms with E-state index in [1.807, 2.05) is 0 Å². The molecule has 1 nitrogen and oxygen atoms in total. The van der Waals surface area contributed by atoms with E-state index >= 15 is 0 Å². The van der Waals surface area contributed by atoms with Crippen LogP contribution in [0.5, 0.6) is 0 Å². The van der Waals surface area contributed by atoms with Crippen LogP contribution in [0, 0.1) is 12.3 Å². The smallest absolute Gasteiger partial charge is 0.0494 e. The van der Waals surface area contributed by atoms with E-state index in [9.17, 15) is 0 Å². The van der Waals surface area contributed by atoms with Crippen LogP contribution in [0.15, 0.2) is 18.2 Å². The molecule has 1 aliphatic heterocycles. The number of benzene rings is 1. The SMILES string of the molecule is Cc1ccc(N2CCC(C)(C)CC2)c(CCl)c1. The van der Waals surface area contributed by atoms with Crippen molar-refractivity contribution in [2.24, 2.45) is 5.41 Å². The van der Waals surface area contributed by atoms with Crippen LogP contribution >= 0.6 is 11.6 Å². The zero-order chi connectivity index (χ0) is 12.5. The summed E-state index contributed by atoms with van der Waals surface area (Å²) in [5, 5.41) is 0. The van der Waals surface area contributed by atoms with Crippen molar-refractivity contribution in [2.45, 2.75) is 39.5 Å². The molecule has 2 heteroatoms. The lowest BCUT2D eigenvalue weighted by Gasteiger charge is -2.39. The minimum atomic E-state index is 0.502. The highest BCUT2D eigenvalue weighted by Gasteiger charge is 2.26. The number of hydrogen-bond acceptors (Lipinski definition) is 1. The minimum Gasteiger partial charge on any atom is -0.371 e. The second kappa shape index (κ2) is 4.89. The van der Waals surface area contributed by atoms with E-state index in [2.05, 4.69) is 43.9 Å². The van der Waals surface area contributed by atoms with Crippen LogP contribution in [-0.4, -0.2) is 13.1 Å². The molecule has 1 saturated heterocycles. The Labute approximate surface area is 110 Å². The first-order valence-electron chi connectivity index (χ1n) is 6.42. The largest absolute Gasteiger partial charge is 0.371 e. The van der Waals surface area contributed by atoms with Crippen LogP contribution in [0.2, 0.25) is 0 Å². The monoisotopic (exact) mass is 251 g/mol. The molecule has 0 unspecified atom stereocenters. The van der Waals surface area contributed by atoms with Gasteiger partial charge in [0.05, 0.1) is 0 Å². The van der Waals surface area contributed by atoms with Crippen LogP contribution in [0.4, 0.5) is 5.69 Å². The number of hydrogen-bond donors (Lipinski definition) is 0. The quantitative estimate of drug-likeness (QED) is 0.706. The van der Waals surface area contributed by atoms with Gasteiger partial charge in [-0.2, -0.15) is 0 Å². The highest BCUT2D eigenvalue weighted by molar-refractivity contribution is 6.17. The third kappa shape index (κ3) is 2.95. The fraction of sp³-hybridized carbons (Fsp3) is 0.600. The summed E-state index contributed by atoms with van der Waals surface area (Å²) in [6.07, 6.45) is 2.53. The number of piperidine rings is 1. The van der Waals surface area contributed by atoms with Gasteiger partial charge in [0.2, 0.25) is 0 Å². The fourth-order valence-electron chi connectivity index (χ4n) is 2.48. The Kier molecular flexibility index (Phi) is 3.67. The van der Waals surface area contributed by atoms with Crippen molar-refractivity contribution in [3.63, 3.8) is 0 Å². The zero-order valence-electron chi connectivity index (χ0n) is 11.1. The second-order valence-corrected chi connectivity index (χ2v) is 6.18. The Hall–Kier alpha value is -0.690. The summed E-state index contributed by atoms with van der Waals surface area (Å²) in [5.41, 5.74) is 4.40. The molecule has 0 atom stereocenters. The molecule has 94 valence electrons. The standard InChI is InChI=1S/C15H22ClN/c1-12-4-5-14(13(10-12)11-16)17-8-6-15(2,3)7-9-17/h4-5,10H,6-9,11H2,1-3H3. The number of aryl methyl sites for hydroxylation is 1. The van der Waals surface area contributed by atoms with E-state index in [0.717, 1.165) is 13.1 Å². The number of alkyl halides is 1. The first kappa shape index (κ1) is 12.8. The van der Waals surface area contributed by atoms with E-state index in [4.69, 9.17) is 11.6 Å². The lowest BCUT2D eigenvalue weighted by molar-refractivity contribution is 0.279. The highest BCUT2D eigenvalue weighted by Crippen LogP contribution is 2.34. The van der Waals surface area contributed by atoms with Gasteiger partial charge < -0.3 is 4.90 Å². The lowest BCUT2D eigenvalue weighted by Crippen LogP contribution is -2.37. The lowest BCUT2D eigenvalue weighted by atomic mass is 9.82. The van der Waals surface area contributed by atoms with Gasteiger partial charge in [-0.15, -0.1) is 11.6 Å². The van der Waals surface area contributed by atoms with Crippen LogP contribution in [0.25, 0.3) is 0 Å². The number of halogens is 1. The maximum Gasteiger partial charge on any atom is 0.0494 e. The molecule has 17 heavy (non-hydrogen) atoms. The van der Waals surface area contributed by atoms with Gasteiger partial charge >= 0.3 is 0 Å². The van der Waals surface area contributed by atoms with Crippen LogP contribution in [-0.2, 0) is 5.88 Å². The minimum absolute atomic E-state index is 0.502. The molecule has 1 heterocycles. The third-order valence-electron chi connectivity index (χ3n) is 3.84. The summed E-state index contributed by atoms with van der Waals surface area (Å²) in [5.74, 6) is 0.608. The molecule has 0 N–H and O–H groups in total.